The molecule has 1 aromatic carbocycles. The zero-order chi connectivity index (χ0) is 18.4. The largest absolute Gasteiger partial charge is 0.490 e. The van der Waals surface area contributed by atoms with Crippen molar-refractivity contribution in [3.8, 4) is 5.75 Å². The van der Waals surface area contributed by atoms with E-state index in [1.54, 1.807) is 30.3 Å². The van der Waals surface area contributed by atoms with E-state index in [1.165, 1.54) is 0 Å². The summed E-state index contributed by atoms with van der Waals surface area (Å²) in [5.74, 6) is 0.412. The summed E-state index contributed by atoms with van der Waals surface area (Å²) in [6.07, 6.45) is -14.7. The molecular formula is C14H15F6NO3. The number of para-hydroxylation sites is 1. The minimum atomic E-state index is -5.72. The smallest absolute Gasteiger partial charge is 0.420 e. The van der Waals surface area contributed by atoms with Crippen molar-refractivity contribution in [2.45, 2.75) is 31.2 Å². The summed E-state index contributed by atoms with van der Waals surface area (Å²) in [5, 5.41) is 0.892. The Morgan fingerprint density at radius 1 is 1.00 bits per heavy atom. The van der Waals surface area contributed by atoms with E-state index in [-0.39, 0.29) is 6.61 Å². The molecule has 1 rings (SSSR count). The highest BCUT2D eigenvalue weighted by atomic mass is 19.4. The molecule has 0 bridgehead atoms. The Hall–Kier alpha value is -2.13. The Balaban J connectivity index is 2.60. The van der Waals surface area contributed by atoms with Gasteiger partial charge < -0.3 is 9.47 Å². The normalized spacial score (nSPS) is 12.6. The van der Waals surface area contributed by atoms with Gasteiger partial charge in [0, 0.05) is 0 Å². The molecule has 0 aliphatic rings. The third kappa shape index (κ3) is 4.68. The van der Waals surface area contributed by atoms with Gasteiger partial charge >= 0.3 is 18.4 Å². The standard InChI is InChI=1S/C14H15F6NO3/c1-2-12(13(15,16)17,14(18,19)20)21-11(22)24-9-8-23-10-6-4-3-5-7-10/h3-7H,2,8-9H2,1H3,(H,21,22). The molecule has 0 aliphatic heterocycles. The van der Waals surface area contributed by atoms with E-state index in [4.69, 9.17) is 4.74 Å². The first-order valence-electron chi connectivity index (χ1n) is 6.79. The summed E-state index contributed by atoms with van der Waals surface area (Å²) < 4.78 is 86.4. The van der Waals surface area contributed by atoms with Crippen molar-refractivity contribution in [3.63, 3.8) is 0 Å². The highest BCUT2D eigenvalue weighted by Gasteiger charge is 2.70. The van der Waals surface area contributed by atoms with Crippen LogP contribution in [-0.4, -0.2) is 37.2 Å². The van der Waals surface area contributed by atoms with E-state index >= 15 is 0 Å². The highest BCUT2D eigenvalue weighted by Crippen LogP contribution is 2.45. The fraction of sp³-hybridized carbons (Fsp3) is 0.500. The van der Waals surface area contributed by atoms with Gasteiger partial charge in [-0.25, -0.2) is 4.79 Å². The molecule has 136 valence electrons. The SMILES string of the molecule is CCC(NC(=O)OCCOc1ccccc1)(C(F)(F)F)C(F)(F)F. The van der Waals surface area contributed by atoms with E-state index < -0.39 is 37.0 Å². The number of hydrogen-bond donors (Lipinski definition) is 1. The number of benzene rings is 1. The minimum absolute atomic E-state index is 0.228. The molecule has 4 nitrogen and oxygen atoms in total. The average Bonchev–Trinajstić information content (AvgIpc) is 2.47. The predicted octanol–water partition coefficient (Wildman–Crippen LogP) is 4.07. The molecule has 10 heteroatoms. The lowest BCUT2D eigenvalue weighted by atomic mass is 9.94. The molecule has 0 spiro atoms. The lowest BCUT2D eigenvalue weighted by Gasteiger charge is -2.36. The fourth-order valence-corrected chi connectivity index (χ4v) is 1.81. The maximum Gasteiger partial charge on any atom is 0.420 e. The van der Waals surface area contributed by atoms with Crippen LogP contribution in [0.5, 0.6) is 5.75 Å². The molecule has 0 aliphatic carbocycles. The number of amides is 1. The second kappa shape index (κ2) is 7.63. The minimum Gasteiger partial charge on any atom is -0.490 e. The molecule has 0 fully saturated rings. The number of ether oxygens (including phenoxy) is 2. The quantitative estimate of drug-likeness (QED) is 0.615. The first kappa shape index (κ1) is 19.9. The van der Waals surface area contributed by atoms with Crippen molar-refractivity contribution in [2.75, 3.05) is 13.2 Å². The van der Waals surface area contributed by atoms with E-state index in [0.29, 0.717) is 12.7 Å². The summed E-state index contributed by atoms with van der Waals surface area (Å²) in [4.78, 5) is 11.3. The lowest BCUT2D eigenvalue weighted by Crippen LogP contribution is -2.67. The molecule has 0 unspecified atom stereocenters. The average molecular weight is 359 g/mol. The van der Waals surface area contributed by atoms with E-state index in [1.807, 2.05) is 0 Å². The van der Waals surface area contributed by atoms with Crippen molar-refractivity contribution in [1.29, 1.82) is 0 Å². The van der Waals surface area contributed by atoms with Gasteiger partial charge in [-0.3, -0.25) is 5.32 Å². The number of nitrogens with one attached hydrogen (secondary N) is 1. The number of halogens is 6. The van der Waals surface area contributed by atoms with E-state index in [2.05, 4.69) is 4.74 Å². The van der Waals surface area contributed by atoms with Gasteiger partial charge in [-0.05, 0) is 18.6 Å². The van der Waals surface area contributed by atoms with Gasteiger partial charge in [0.05, 0.1) is 0 Å². The molecule has 0 saturated heterocycles. The third-order valence-corrected chi connectivity index (χ3v) is 3.14. The maximum absolute atomic E-state index is 12.8. The number of hydrogen-bond acceptors (Lipinski definition) is 3. The Morgan fingerprint density at radius 2 is 1.54 bits per heavy atom. The number of carbonyl (C=O) groups excluding carboxylic acids is 1. The highest BCUT2D eigenvalue weighted by molar-refractivity contribution is 5.68. The van der Waals surface area contributed by atoms with Crippen LogP contribution in [0.3, 0.4) is 0 Å². The number of rotatable bonds is 6. The molecule has 0 atom stereocenters. The van der Waals surface area contributed by atoms with Crippen molar-refractivity contribution in [2.24, 2.45) is 0 Å². The maximum atomic E-state index is 12.8. The summed E-state index contributed by atoms with van der Waals surface area (Å²) in [6.45, 7) is -0.0788. The van der Waals surface area contributed by atoms with Gasteiger partial charge in [0.2, 0.25) is 5.54 Å². The molecule has 0 radical (unpaired) electrons. The third-order valence-electron chi connectivity index (χ3n) is 3.14. The van der Waals surface area contributed by atoms with Gasteiger partial charge in [-0.2, -0.15) is 26.3 Å². The van der Waals surface area contributed by atoms with Gasteiger partial charge in [-0.1, -0.05) is 25.1 Å². The zero-order valence-electron chi connectivity index (χ0n) is 12.5. The van der Waals surface area contributed by atoms with Crippen molar-refractivity contribution in [3.05, 3.63) is 30.3 Å². The molecule has 1 aromatic rings. The lowest BCUT2D eigenvalue weighted by molar-refractivity contribution is -0.305. The van der Waals surface area contributed by atoms with Crippen molar-refractivity contribution < 1.29 is 40.6 Å². The van der Waals surface area contributed by atoms with Crippen LogP contribution in [0.4, 0.5) is 31.1 Å². The molecule has 0 aromatic heterocycles. The summed E-state index contributed by atoms with van der Waals surface area (Å²) in [6, 6.07) is 8.19. The Bertz CT molecular complexity index is 516. The van der Waals surface area contributed by atoms with Crippen LogP contribution < -0.4 is 10.1 Å². The Kier molecular flexibility index (Phi) is 6.33. The van der Waals surface area contributed by atoms with Gasteiger partial charge in [-0.15, -0.1) is 0 Å². The topological polar surface area (TPSA) is 47.6 Å². The summed E-state index contributed by atoms with van der Waals surface area (Å²) >= 11 is 0. The van der Waals surface area contributed by atoms with Crippen LogP contribution in [0.2, 0.25) is 0 Å². The van der Waals surface area contributed by atoms with Crippen molar-refractivity contribution >= 4 is 6.09 Å². The summed E-state index contributed by atoms with van der Waals surface area (Å²) in [7, 11) is 0. The first-order valence-corrected chi connectivity index (χ1v) is 6.79. The zero-order valence-corrected chi connectivity index (χ0v) is 12.5. The second-order valence-electron chi connectivity index (χ2n) is 4.68. The van der Waals surface area contributed by atoms with Crippen LogP contribution in [0.25, 0.3) is 0 Å². The number of alkyl carbamates (subject to hydrolysis) is 1. The fourth-order valence-electron chi connectivity index (χ4n) is 1.81. The molecule has 1 amide bonds. The predicted molar refractivity (Wildman–Crippen MR) is 71.6 cm³/mol. The molecule has 1 N–H and O–H groups in total. The van der Waals surface area contributed by atoms with Gasteiger partial charge in [0.1, 0.15) is 19.0 Å². The number of alkyl halides is 6. The number of carbonyl (C=O) groups is 1. The molecule has 24 heavy (non-hydrogen) atoms. The molecular weight excluding hydrogens is 344 g/mol. The van der Waals surface area contributed by atoms with E-state index in [9.17, 15) is 31.1 Å². The molecule has 0 heterocycles. The van der Waals surface area contributed by atoms with Crippen molar-refractivity contribution in [1.82, 2.24) is 5.32 Å². The van der Waals surface area contributed by atoms with Crippen LogP contribution in [0.1, 0.15) is 13.3 Å². The monoisotopic (exact) mass is 359 g/mol. The van der Waals surface area contributed by atoms with Crippen LogP contribution >= 0.6 is 0 Å². The Labute approximate surface area is 133 Å². The summed E-state index contributed by atoms with van der Waals surface area (Å²) in [5.41, 5.74) is -4.36. The Morgan fingerprint density at radius 3 is 2.00 bits per heavy atom. The van der Waals surface area contributed by atoms with E-state index in [0.717, 1.165) is 5.32 Å². The van der Waals surface area contributed by atoms with Crippen LogP contribution in [0, 0.1) is 0 Å². The van der Waals surface area contributed by atoms with Crippen LogP contribution in [-0.2, 0) is 4.74 Å². The van der Waals surface area contributed by atoms with Gasteiger partial charge in [0.15, 0.2) is 0 Å². The van der Waals surface area contributed by atoms with Crippen LogP contribution in [0.15, 0.2) is 30.3 Å². The molecule has 0 saturated carbocycles. The first-order chi connectivity index (χ1) is 11.0. The second-order valence-corrected chi connectivity index (χ2v) is 4.68. The van der Waals surface area contributed by atoms with Gasteiger partial charge in [0.25, 0.3) is 0 Å².